The van der Waals surface area contributed by atoms with Gasteiger partial charge in [-0.15, -0.1) is 0 Å². The molecule has 1 heterocycles. The second-order valence-electron chi connectivity index (χ2n) is 6.12. The topological polar surface area (TPSA) is 75.5 Å². The van der Waals surface area contributed by atoms with Crippen molar-refractivity contribution in [1.82, 2.24) is 0 Å². The molecule has 0 aromatic heterocycles. The molecule has 1 fully saturated rings. The molecule has 0 bridgehead atoms. The number of hydrogen-bond donors (Lipinski definition) is 1. The van der Waals surface area contributed by atoms with Gasteiger partial charge < -0.3 is 10.2 Å². The lowest BCUT2D eigenvalue weighted by Gasteiger charge is -2.32. The molecule has 2 aromatic carbocycles. The van der Waals surface area contributed by atoms with Crippen LogP contribution in [0.4, 0.5) is 21.5 Å². The predicted molar refractivity (Wildman–Crippen MR) is 98.1 cm³/mol. The number of carbonyl (C=O) groups excluding carboxylic acids is 1. The molecular weight excluding hydrogens is 361 g/mol. The van der Waals surface area contributed by atoms with Gasteiger partial charge in [0, 0.05) is 25.1 Å². The Kier molecular flexibility index (Phi) is 5.37. The average molecular weight is 378 g/mol. The van der Waals surface area contributed by atoms with E-state index in [1.807, 2.05) is 4.90 Å². The van der Waals surface area contributed by atoms with Crippen LogP contribution in [0.15, 0.2) is 42.5 Å². The van der Waals surface area contributed by atoms with Gasteiger partial charge in [0.2, 0.25) is 5.91 Å². The van der Waals surface area contributed by atoms with Crippen LogP contribution in [0, 0.1) is 21.8 Å². The predicted octanol–water partition coefficient (Wildman–Crippen LogP) is 4.24. The molecule has 0 saturated carbocycles. The van der Waals surface area contributed by atoms with Crippen molar-refractivity contribution in [1.29, 1.82) is 0 Å². The number of nitrogens with one attached hydrogen (secondary N) is 1. The fraction of sp³-hybridized carbons (Fsp3) is 0.278. The zero-order valence-electron chi connectivity index (χ0n) is 13.8. The number of para-hydroxylation sites is 2. The van der Waals surface area contributed by atoms with E-state index in [0.29, 0.717) is 37.3 Å². The van der Waals surface area contributed by atoms with Gasteiger partial charge in [-0.1, -0.05) is 23.7 Å². The number of amides is 1. The van der Waals surface area contributed by atoms with E-state index in [4.69, 9.17) is 11.6 Å². The van der Waals surface area contributed by atoms with Crippen molar-refractivity contribution in [3.63, 3.8) is 0 Å². The Morgan fingerprint density at radius 1 is 1.23 bits per heavy atom. The number of rotatable bonds is 4. The molecule has 2 aromatic rings. The summed E-state index contributed by atoms with van der Waals surface area (Å²) in [6.45, 7) is 1.08. The van der Waals surface area contributed by atoms with Crippen molar-refractivity contribution in [3.8, 4) is 0 Å². The van der Waals surface area contributed by atoms with E-state index >= 15 is 0 Å². The number of benzene rings is 2. The highest BCUT2D eigenvalue weighted by atomic mass is 35.5. The zero-order valence-corrected chi connectivity index (χ0v) is 14.6. The lowest BCUT2D eigenvalue weighted by molar-refractivity contribution is -0.384. The van der Waals surface area contributed by atoms with Crippen molar-refractivity contribution in [3.05, 3.63) is 63.4 Å². The van der Waals surface area contributed by atoms with Crippen LogP contribution in [-0.2, 0) is 4.79 Å². The maximum absolute atomic E-state index is 13.1. The molecule has 6 nitrogen and oxygen atoms in total. The highest BCUT2D eigenvalue weighted by Gasteiger charge is 2.28. The van der Waals surface area contributed by atoms with Gasteiger partial charge in [0.1, 0.15) is 11.5 Å². The van der Waals surface area contributed by atoms with Crippen molar-refractivity contribution < 1.29 is 14.1 Å². The molecule has 3 rings (SSSR count). The Morgan fingerprint density at radius 2 is 1.92 bits per heavy atom. The lowest BCUT2D eigenvalue weighted by atomic mass is 9.95. The smallest absolute Gasteiger partial charge is 0.292 e. The van der Waals surface area contributed by atoms with Crippen molar-refractivity contribution in [2.45, 2.75) is 12.8 Å². The molecule has 136 valence electrons. The summed E-state index contributed by atoms with van der Waals surface area (Å²) in [5.74, 6) is -0.873. The van der Waals surface area contributed by atoms with Gasteiger partial charge in [-0.05, 0) is 37.1 Å². The number of piperidine rings is 1. The minimum absolute atomic E-state index is 0.0634. The van der Waals surface area contributed by atoms with E-state index in [9.17, 15) is 19.3 Å². The minimum atomic E-state index is -0.467. The monoisotopic (exact) mass is 377 g/mol. The van der Waals surface area contributed by atoms with Crippen LogP contribution < -0.4 is 10.2 Å². The first kappa shape index (κ1) is 18.1. The molecule has 8 heteroatoms. The van der Waals surface area contributed by atoms with Crippen LogP contribution in [-0.4, -0.2) is 23.9 Å². The van der Waals surface area contributed by atoms with Gasteiger partial charge in [0.05, 0.1) is 15.6 Å². The molecule has 1 saturated heterocycles. The van der Waals surface area contributed by atoms with Crippen LogP contribution in [0.3, 0.4) is 0 Å². The summed E-state index contributed by atoms with van der Waals surface area (Å²) in [7, 11) is 0. The van der Waals surface area contributed by atoms with Crippen LogP contribution in [0.5, 0.6) is 0 Å². The van der Waals surface area contributed by atoms with E-state index in [2.05, 4.69) is 5.32 Å². The van der Waals surface area contributed by atoms with Crippen molar-refractivity contribution in [2.75, 3.05) is 23.3 Å². The van der Waals surface area contributed by atoms with Crippen LogP contribution >= 0.6 is 11.6 Å². The van der Waals surface area contributed by atoms with Gasteiger partial charge in [-0.3, -0.25) is 14.9 Å². The third-order valence-corrected chi connectivity index (χ3v) is 4.79. The highest BCUT2D eigenvalue weighted by molar-refractivity contribution is 6.33. The molecule has 0 atom stereocenters. The van der Waals surface area contributed by atoms with Crippen LogP contribution in [0.25, 0.3) is 0 Å². The summed E-state index contributed by atoms with van der Waals surface area (Å²) in [4.78, 5) is 25.1. The average Bonchev–Trinajstić information content (AvgIpc) is 2.64. The zero-order chi connectivity index (χ0) is 18.7. The standard InChI is InChI=1S/C18H17ClFN3O3/c19-14-11-13(20)5-6-15(14)21-18(24)12-7-9-22(10-8-12)16-3-1-2-4-17(16)23(25)26/h1-6,11-12H,7-10H2,(H,21,24). The van der Waals surface area contributed by atoms with E-state index in [0.717, 1.165) is 6.07 Å². The molecule has 1 amide bonds. The fourth-order valence-corrected chi connectivity index (χ4v) is 3.31. The number of anilines is 2. The quantitative estimate of drug-likeness (QED) is 0.638. The lowest BCUT2D eigenvalue weighted by Crippen LogP contribution is -2.38. The fourth-order valence-electron chi connectivity index (χ4n) is 3.09. The van der Waals surface area contributed by atoms with Crippen LogP contribution in [0.2, 0.25) is 5.02 Å². The normalized spacial score (nSPS) is 14.9. The third-order valence-electron chi connectivity index (χ3n) is 4.47. The molecule has 0 spiro atoms. The summed E-state index contributed by atoms with van der Waals surface area (Å²) in [6.07, 6.45) is 1.13. The number of hydrogen-bond acceptors (Lipinski definition) is 4. The molecule has 0 aliphatic carbocycles. The Bertz CT molecular complexity index is 838. The first-order valence-electron chi connectivity index (χ1n) is 8.20. The molecule has 0 unspecified atom stereocenters. The number of nitro groups is 1. The number of nitro benzene ring substituents is 1. The van der Waals surface area contributed by atoms with Gasteiger partial charge >= 0.3 is 0 Å². The highest BCUT2D eigenvalue weighted by Crippen LogP contribution is 2.32. The van der Waals surface area contributed by atoms with E-state index in [-0.39, 0.29) is 22.5 Å². The van der Waals surface area contributed by atoms with E-state index in [1.54, 1.807) is 18.2 Å². The van der Waals surface area contributed by atoms with E-state index in [1.165, 1.54) is 18.2 Å². The second-order valence-corrected chi connectivity index (χ2v) is 6.53. The molecule has 26 heavy (non-hydrogen) atoms. The molecule has 1 aliphatic heterocycles. The molecule has 0 radical (unpaired) electrons. The Labute approximate surface area is 154 Å². The molecular formula is C18H17ClFN3O3. The van der Waals surface area contributed by atoms with Gasteiger partial charge in [-0.25, -0.2) is 4.39 Å². The summed E-state index contributed by atoms with van der Waals surface area (Å²) in [5.41, 5.74) is 1.01. The summed E-state index contributed by atoms with van der Waals surface area (Å²) >= 11 is 5.94. The van der Waals surface area contributed by atoms with Gasteiger partial charge in [-0.2, -0.15) is 0 Å². The Balaban J connectivity index is 1.63. The Morgan fingerprint density at radius 3 is 2.58 bits per heavy atom. The number of carbonyl (C=O) groups is 1. The van der Waals surface area contributed by atoms with Crippen molar-refractivity contribution in [2.24, 2.45) is 5.92 Å². The molecule has 1 aliphatic rings. The van der Waals surface area contributed by atoms with Gasteiger partial charge in [0.25, 0.3) is 5.69 Å². The SMILES string of the molecule is O=C(Nc1ccc(F)cc1Cl)C1CCN(c2ccccc2[N+](=O)[O-])CC1. The first-order chi connectivity index (χ1) is 12.5. The maximum atomic E-state index is 13.1. The van der Waals surface area contributed by atoms with E-state index < -0.39 is 10.7 Å². The minimum Gasteiger partial charge on any atom is -0.366 e. The van der Waals surface area contributed by atoms with Crippen molar-refractivity contribution >= 4 is 34.6 Å². The third kappa shape index (κ3) is 3.94. The second kappa shape index (κ2) is 7.70. The van der Waals surface area contributed by atoms with Gasteiger partial charge in [0.15, 0.2) is 0 Å². The maximum Gasteiger partial charge on any atom is 0.292 e. The van der Waals surface area contributed by atoms with Crippen LogP contribution in [0.1, 0.15) is 12.8 Å². The summed E-state index contributed by atoms with van der Waals surface area (Å²) in [5, 5.41) is 14.0. The molecule has 1 N–H and O–H groups in total. The first-order valence-corrected chi connectivity index (χ1v) is 8.58. The Hall–Kier alpha value is -2.67. The number of nitrogens with zero attached hydrogens (tertiary/aromatic N) is 2. The summed E-state index contributed by atoms with van der Waals surface area (Å²) in [6, 6.07) is 10.4. The summed E-state index contributed by atoms with van der Waals surface area (Å²) < 4.78 is 13.1. The number of halogens is 2. The largest absolute Gasteiger partial charge is 0.366 e.